The third-order valence-corrected chi connectivity index (χ3v) is 3.67. The molecule has 2 atom stereocenters. The highest BCUT2D eigenvalue weighted by Gasteiger charge is 2.36. The van der Waals surface area contributed by atoms with Gasteiger partial charge >= 0.3 is 6.36 Å². The minimum absolute atomic E-state index is 0.280. The number of hydrogen-bond donors (Lipinski definition) is 1. The number of aromatic nitrogens is 1. The molecule has 2 fully saturated rings. The van der Waals surface area contributed by atoms with Gasteiger partial charge < -0.3 is 15.0 Å². The van der Waals surface area contributed by atoms with Gasteiger partial charge in [0.05, 0.1) is 6.20 Å². The third-order valence-electron chi connectivity index (χ3n) is 3.67. The van der Waals surface area contributed by atoms with E-state index in [-0.39, 0.29) is 5.75 Å². The van der Waals surface area contributed by atoms with Crippen molar-refractivity contribution in [3.63, 3.8) is 0 Å². The average Bonchev–Trinajstić information content (AvgIpc) is 2.87. The summed E-state index contributed by atoms with van der Waals surface area (Å²) < 4.78 is 39.9. The Hall–Kier alpha value is -1.50. The van der Waals surface area contributed by atoms with Crippen molar-refractivity contribution in [1.82, 2.24) is 10.3 Å². The van der Waals surface area contributed by atoms with Crippen LogP contribution < -0.4 is 15.0 Å². The predicted molar refractivity (Wildman–Crippen MR) is 63.0 cm³/mol. The minimum atomic E-state index is -4.67. The zero-order chi connectivity index (χ0) is 13.5. The number of alkyl halides is 3. The van der Waals surface area contributed by atoms with Crippen molar-refractivity contribution in [1.29, 1.82) is 0 Å². The zero-order valence-electron chi connectivity index (χ0n) is 10.2. The van der Waals surface area contributed by atoms with Gasteiger partial charge in [-0.3, -0.25) is 0 Å². The molecule has 2 aliphatic heterocycles. The largest absolute Gasteiger partial charge is 0.573 e. The highest BCUT2D eigenvalue weighted by molar-refractivity contribution is 5.42. The second kappa shape index (κ2) is 4.56. The van der Waals surface area contributed by atoms with Crippen LogP contribution in [0, 0.1) is 11.8 Å². The number of nitrogens with one attached hydrogen (secondary N) is 1. The number of hydrogen-bond acceptors (Lipinski definition) is 4. The van der Waals surface area contributed by atoms with Gasteiger partial charge in [-0.15, -0.1) is 13.2 Å². The molecule has 0 spiro atoms. The molecular weight excluding hydrogens is 259 g/mol. The van der Waals surface area contributed by atoms with Crippen LogP contribution >= 0.6 is 0 Å². The summed E-state index contributed by atoms with van der Waals surface area (Å²) in [5, 5.41) is 3.34. The number of fused-ring (bicyclic) bond motifs is 1. The van der Waals surface area contributed by atoms with E-state index in [1.165, 1.54) is 6.07 Å². The van der Waals surface area contributed by atoms with Crippen LogP contribution in [0.1, 0.15) is 0 Å². The fraction of sp³-hybridized carbons (Fsp3) is 0.583. The Morgan fingerprint density at radius 2 is 1.89 bits per heavy atom. The van der Waals surface area contributed by atoms with Gasteiger partial charge in [-0.05, 0) is 24.0 Å². The predicted octanol–water partition coefficient (Wildman–Crippen LogP) is 1.64. The first-order valence-electron chi connectivity index (χ1n) is 6.19. The van der Waals surface area contributed by atoms with Crippen LogP contribution in [0.15, 0.2) is 18.3 Å². The molecule has 0 bridgehead atoms. The smallest absolute Gasteiger partial charge is 0.404 e. The molecule has 4 nitrogen and oxygen atoms in total. The molecule has 2 saturated heterocycles. The molecule has 0 radical (unpaired) electrons. The van der Waals surface area contributed by atoms with Crippen LogP contribution in [0.2, 0.25) is 0 Å². The lowest BCUT2D eigenvalue weighted by atomic mass is 10.0. The van der Waals surface area contributed by atoms with Crippen LogP contribution in [0.3, 0.4) is 0 Å². The highest BCUT2D eigenvalue weighted by Crippen LogP contribution is 2.30. The Balaban J connectivity index is 1.66. The van der Waals surface area contributed by atoms with Gasteiger partial charge in [0.15, 0.2) is 0 Å². The number of anilines is 1. The van der Waals surface area contributed by atoms with E-state index in [0.29, 0.717) is 17.7 Å². The van der Waals surface area contributed by atoms with Crippen molar-refractivity contribution in [2.75, 3.05) is 31.1 Å². The normalized spacial score (nSPS) is 26.6. The SMILES string of the molecule is FC(F)(F)Oc1ccc(N2C[C@H]3CNC[C@@H]3C2)nc1. The van der Waals surface area contributed by atoms with E-state index >= 15 is 0 Å². The summed E-state index contributed by atoms with van der Waals surface area (Å²) >= 11 is 0. The number of halogens is 3. The third kappa shape index (κ3) is 2.75. The van der Waals surface area contributed by atoms with Crippen LogP contribution in [-0.4, -0.2) is 37.5 Å². The van der Waals surface area contributed by atoms with Crippen LogP contribution in [0.4, 0.5) is 19.0 Å². The first kappa shape index (κ1) is 12.5. The highest BCUT2D eigenvalue weighted by atomic mass is 19.4. The van der Waals surface area contributed by atoms with Crippen LogP contribution in [-0.2, 0) is 0 Å². The Labute approximate surface area is 108 Å². The summed E-state index contributed by atoms with van der Waals surface area (Å²) in [4.78, 5) is 6.17. The quantitative estimate of drug-likeness (QED) is 0.889. The molecule has 0 unspecified atom stereocenters. The Morgan fingerprint density at radius 1 is 1.21 bits per heavy atom. The molecule has 2 aliphatic rings. The van der Waals surface area contributed by atoms with Crippen molar-refractivity contribution in [2.24, 2.45) is 11.8 Å². The topological polar surface area (TPSA) is 37.4 Å². The zero-order valence-corrected chi connectivity index (χ0v) is 10.2. The van der Waals surface area contributed by atoms with Gasteiger partial charge in [0.25, 0.3) is 0 Å². The second-order valence-corrected chi connectivity index (χ2v) is 4.98. The second-order valence-electron chi connectivity index (χ2n) is 4.98. The fourth-order valence-corrected chi connectivity index (χ4v) is 2.80. The van der Waals surface area contributed by atoms with Crippen LogP contribution in [0.25, 0.3) is 0 Å². The summed E-state index contributed by atoms with van der Waals surface area (Å²) in [6.07, 6.45) is -3.55. The Bertz CT molecular complexity index is 437. The van der Waals surface area contributed by atoms with Crippen molar-refractivity contribution in [2.45, 2.75) is 6.36 Å². The average molecular weight is 273 g/mol. The standard InChI is InChI=1S/C12H14F3N3O/c13-12(14,15)19-10-1-2-11(17-5-10)18-6-8-3-16-4-9(8)7-18/h1-2,5,8-9,16H,3-4,6-7H2/t8-,9-/m1/s1. The Kier molecular flexibility index (Phi) is 3.00. The molecule has 19 heavy (non-hydrogen) atoms. The van der Waals surface area contributed by atoms with Crippen LogP contribution in [0.5, 0.6) is 5.75 Å². The number of nitrogens with zero attached hydrogens (tertiary/aromatic N) is 2. The van der Waals surface area contributed by atoms with E-state index in [0.717, 1.165) is 32.4 Å². The van der Waals surface area contributed by atoms with E-state index in [1.54, 1.807) is 6.07 Å². The molecule has 0 amide bonds. The van der Waals surface area contributed by atoms with Crippen molar-refractivity contribution in [3.8, 4) is 5.75 Å². The summed E-state index contributed by atoms with van der Waals surface area (Å²) in [6.45, 7) is 3.83. The van der Waals surface area contributed by atoms with Gasteiger partial charge in [0, 0.05) is 26.2 Å². The molecule has 7 heteroatoms. The molecule has 104 valence electrons. The van der Waals surface area contributed by atoms with E-state index in [2.05, 4.69) is 19.9 Å². The number of ether oxygens (including phenoxy) is 1. The molecule has 3 heterocycles. The molecule has 1 N–H and O–H groups in total. The van der Waals surface area contributed by atoms with E-state index in [9.17, 15) is 13.2 Å². The maximum atomic E-state index is 12.0. The van der Waals surface area contributed by atoms with Gasteiger partial charge in [-0.2, -0.15) is 0 Å². The lowest BCUT2D eigenvalue weighted by Gasteiger charge is -2.18. The van der Waals surface area contributed by atoms with Crippen molar-refractivity contribution >= 4 is 5.82 Å². The summed E-state index contributed by atoms with van der Waals surface area (Å²) in [5.41, 5.74) is 0. The van der Waals surface area contributed by atoms with E-state index < -0.39 is 6.36 Å². The lowest BCUT2D eigenvalue weighted by molar-refractivity contribution is -0.274. The summed E-state index contributed by atoms with van der Waals surface area (Å²) in [5.74, 6) is 1.67. The number of pyridine rings is 1. The Morgan fingerprint density at radius 3 is 2.42 bits per heavy atom. The van der Waals surface area contributed by atoms with Gasteiger partial charge in [-0.1, -0.05) is 0 Å². The molecule has 0 aromatic carbocycles. The summed E-state index contributed by atoms with van der Waals surface area (Å²) in [6, 6.07) is 2.89. The molecule has 1 aromatic rings. The minimum Gasteiger partial charge on any atom is -0.404 e. The molecule has 0 aliphatic carbocycles. The lowest BCUT2D eigenvalue weighted by Crippen LogP contribution is -2.26. The molecule has 3 rings (SSSR count). The first-order valence-corrected chi connectivity index (χ1v) is 6.19. The molecule has 1 aromatic heterocycles. The molecule has 0 saturated carbocycles. The van der Waals surface area contributed by atoms with E-state index in [4.69, 9.17) is 0 Å². The monoisotopic (exact) mass is 273 g/mol. The number of rotatable bonds is 2. The maximum Gasteiger partial charge on any atom is 0.573 e. The summed E-state index contributed by atoms with van der Waals surface area (Å²) in [7, 11) is 0. The first-order chi connectivity index (χ1) is 9.01. The van der Waals surface area contributed by atoms with Crippen molar-refractivity contribution in [3.05, 3.63) is 18.3 Å². The van der Waals surface area contributed by atoms with Gasteiger partial charge in [0.1, 0.15) is 11.6 Å². The molecular formula is C12H14F3N3O. The van der Waals surface area contributed by atoms with Crippen molar-refractivity contribution < 1.29 is 17.9 Å². The van der Waals surface area contributed by atoms with Gasteiger partial charge in [0.2, 0.25) is 0 Å². The fourth-order valence-electron chi connectivity index (χ4n) is 2.80. The maximum absolute atomic E-state index is 12.0. The van der Waals surface area contributed by atoms with Gasteiger partial charge in [-0.25, -0.2) is 4.98 Å². The van der Waals surface area contributed by atoms with E-state index in [1.807, 2.05) is 0 Å².